The van der Waals surface area contributed by atoms with Gasteiger partial charge in [0.05, 0.1) is 17.6 Å². The summed E-state index contributed by atoms with van der Waals surface area (Å²) < 4.78 is 10.6. The van der Waals surface area contributed by atoms with Crippen LogP contribution in [0.5, 0.6) is 5.75 Å². The molecule has 2 aliphatic heterocycles. The molecule has 2 aliphatic rings. The van der Waals surface area contributed by atoms with Crippen LogP contribution in [0.1, 0.15) is 5.56 Å². The molecule has 0 bridgehead atoms. The number of halogens is 1. The van der Waals surface area contributed by atoms with Gasteiger partial charge < -0.3 is 19.7 Å². The van der Waals surface area contributed by atoms with Crippen molar-refractivity contribution in [1.29, 1.82) is 0 Å². The Balaban J connectivity index is 1.42. The van der Waals surface area contributed by atoms with Gasteiger partial charge in [-0.05, 0) is 18.6 Å². The van der Waals surface area contributed by atoms with Crippen LogP contribution in [0.15, 0.2) is 18.2 Å². The van der Waals surface area contributed by atoms with Crippen molar-refractivity contribution in [2.24, 2.45) is 0 Å². The molecule has 0 aliphatic carbocycles. The number of aryl methyl sites for hydroxylation is 1. The normalized spacial score (nSPS) is 19.8. The van der Waals surface area contributed by atoms with E-state index in [4.69, 9.17) is 21.1 Å². The number of piperazine rings is 1. The molecule has 0 spiro atoms. The lowest BCUT2D eigenvalue weighted by Crippen LogP contribution is -2.56. The number of nitrogens with zero attached hydrogens (tertiary/aromatic N) is 2. The van der Waals surface area contributed by atoms with E-state index in [9.17, 15) is 9.59 Å². The van der Waals surface area contributed by atoms with Crippen LogP contribution < -0.4 is 10.1 Å². The SMILES string of the molecule is Cc1cccc(Cl)c1OCCNC(=O)N1CCN2C(=O)OC[C@@H]2C1. The van der Waals surface area contributed by atoms with Crippen molar-refractivity contribution in [3.05, 3.63) is 28.8 Å². The molecule has 7 nitrogen and oxygen atoms in total. The van der Waals surface area contributed by atoms with Gasteiger partial charge in [-0.25, -0.2) is 9.59 Å². The Morgan fingerprint density at radius 2 is 2.29 bits per heavy atom. The Morgan fingerprint density at radius 1 is 1.46 bits per heavy atom. The van der Waals surface area contributed by atoms with Crippen LogP contribution in [0, 0.1) is 6.92 Å². The van der Waals surface area contributed by atoms with Gasteiger partial charge in [-0.2, -0.15) is 0 Å². The average molecular weight is 354 g/mol. The smallest absolute Gasteiger partial charge is 0.410 e. The van der Waals surface area contributed by atoms with Crippen LogP contribution >= 0.6 is 11.6 Å². The summed E-state index contributed by atoms with van der Waals surface area (Å²) in [6.07, 6.45) is -0.288. The Labute approximate surface area is 145 Å². The van der Waals surface area contributed by atoms with Crippen molar-refractivity contribution in [2.45, 2.75) is 13.0 Å². The molecule has 8 heteroatoms. The first-order valence-electron chi connectivity index (χ1n) is 7.90. The van der Waals surface area contributed by atoms with E-state index in [0.29, 0.717) is 50.2 Å². The van der Waals surface area contributed by atoms with Gasteiger partial charge in [-0.1, -0.05) is 23.7 Å². The standard InChI is InChI=1S/C16H20ClN3O4/c1-11-3-2-4-13(17)14(11)23-8-5-18-15(21)19-6-7-20-12(9-19)10-24-16(20)22/h2-4,12H,5-10H2,1H3,(H,18,21)/t12-/m0/s1. The number of nitrogens with one attached hydrogen (secondary N) is 1. The largest absolute Gasteiger partial charge is 0.490 e. The van der Waals surface area contributed by atoms with E-state index in [1.165, 1.54) is 0 Å². The monoisotopic (exact) mass is 353 g/mol. The van der Waals surface area contributed by atoms with E-state index in [0.717, 1.165) is 5.56 Å². The Bertz CT molecular complexity index is 619. The number of para-hydroxylation sites is 1. The summed E-state index contributed by atoms with van der Waals surface area (Å²) in [6, 6.07) is 5.35. The summed E-state index contributed by atoms with van der Waals surface area (Å²) in [4.78, 5) is 27.0. The maximum Gasteiger partial charge on any atom is 0.410 e. The highest BCUT2D eigenvalue weighted by atomic mass is 35.5. The van der Waals surface area contributed by atoms with Crippen LogP contribution in [-0.2, 0) is 4.74 Å². The lowest BCUT2D eigenvalue weighted by Gasteiger charge is -2.35. The fourth-order valence-corrected chi connectivity index (χ4v) is 3.17. The predicted molar refractivity (Wildman–Crippen MR) is 88.5 cm³/mol. The van der Waals surface area contributed by atoms with E-state index < -0.39 is 0 Å². The van der Waals surface area contributed by atoms with Crippen molar-refractivity contribution >= 4 is 23.7 Å². The third-order valence-electron chi connectivity index (χ3n) is 4.19. The molecule has 2 heterocycles. The number of rotatable bonds is 4. The fourth-order valence-electron chi connectivity index (χ4n) is 2.90. The zero-order chi connectivity index (χ0) is 17.1. The molecule has 0 saturated carbocycles. The third kappa shape index (κ3) is 3.51. The number of cyclic esters (lactones) is 1. The molecule has 24 heavy (non-hydrogen) atoms. The summed E-state index contributed by atoms with van der Waals surface area (Å²) in [5.74, 6) is 0.642. The number of ether oxygens (including phenoxy) is 2. The van der Waals surface area contributed by atoms with Gasteiger partial charge in [-0.15, -0.1) is 0 Å². The quantitative estimate of drug-likeness (QED) is 0.839. The van der Waals surface area contributed by atoms with Crippen LogP contribution in [0.25, 0.3) is 0 Å². The van der Waals surface area contributed by atoms with Gasteiger partial charge in [-0.3, -0.25) is 4.90 Å². The van der Waals surface area contributed by atoms with Crippen LogP contribution in [0.3, 0.4) is 0 Å². The van der Waals surface area contributed by atoms with E-state index in [1.54, 1.807) is 15.9 Å². The number of fused-ring (bicyclic) bond motifs is 1. The summed E-state index contributed by atoms with van der Waals surface area (Å²) in [7, 11) is 0. The molecule has 0 unspecified atom stereocenters. The summed E-state index contributed by atoms with van der Waals surface area (Å²) >= 11 is 6.09. The number of carbonyl (C=O) groups is 2. The Morgan fingerprint density at radius 3 is 3.08 bits per heavy atom. The molecule has 1 N–H and O–H groups in total. The minimum atomic E-state index is -0.288. The molecule has 3 amide bonds. The lowest BCUT2D eigenvalue weighted by atomic mass is 10.2. The van der Waals surface area contributed by atoms with E-state index in [-0.39, 0.29) is 18.2 Å². The first kappa shape index (κ1) is 16.7. The molecular weight excluding hydrogens is 334 g/mol. The maximum absolute atomic E-state index is 12.2. The second-order valence-corrected chi connectivity index (χ2v) is 6.24. The molecule has 2 saturated heterocycles. The highest BCUT2D eigenvalue weighted by molar-refractivity contribution is 6.32. The number of carbonyl (C=O) groups excluding carboxylic acids is 2. The number of hydrogen-bond acceptors (Lipinski definition) is 4. The Kier molecular flexibility index (Phi) is 4.99. The average Bonchev–Trinajstić information content (AvgIpc) is 2.94. The summed E-state index contributed by atoms with van der Waals surface area (Å²) in [5.41, 5.74) is 0.954. The van der Waals surface area contributed by atoms with Gasteiger partial charge in [0.1, 0.15) is 19.0 Å². The fraction of sp³-hybridized carbons (Fsp3) is 0.500. The van der Waals surface area contributed by atoms with Crippen LogP contribution in [0.4, 0.5) is 9.59 Å². The molecule has 1 aromatic carbocycles. The van der Waals surface area contributed by atoms with Gasteiger partial charge >= 0.3 is 12.1 Å². The predicted octanol–water partition coefficient (Wildman–Crippen LogP) is 1.87. The number of amides is 3. The van der Waals surface area contributed by atoms with Crippen LogP contribution in [-0.4, -0.2) is 67.4 Å². The van der Waals surface area contributed by atoms with Gasteiger partial charge in [0.25, 0.3) is 0 Å². The summed E-state index contributed by atoms with van der Waals surface area (Å²) in [6.45, 7) is 4.48. The zero-order valence-electron chi connectivity index (χ0n) is 13.5. The highest BCUT2D eigenvalue weighted by Gasteiger charge is 2.38. The lowest BCUT2D eigenvalue weighted by molar-refractivity contribution is 0.126. The molecule has 0 aromatic heterocycles. The number of urea groups is 1. The second kappa shape index (κ2) is 7.17. The van der Waals surface area contributed by atoms with E-state index >= 15 is 0 Å². The van der Waals surface area contributed by atoms with Gasteiger partial charge in [0, 0.05) is 19.6 Å². The molecule has 1 aromatic rings. The van der Waals surface area contributed by atoms with E-state index in [1.807, 2.05) is 19.1 Å². The number of hydrogen-bond donors (Lipinski definition) is 1. The zero-order valence-corrected chi connectivity index (χ0v) is 14.2. The van der Waals surface area contributed by atoms with Crippen LogP contribution in [0.2, 0.25) is 5.02 Å². The molecule has 3 rings (SSSR count). The molecular formula is C16H20ClN3O4. The van der Waals surface area contributed by atoms with E-state index in [2.05, 4.69) is 5.32 Å². The van der Waals surface area contributed by atoms with Gasteiger partial charge in [0.2, 0.25) is 0 Å². The first-order valence-corrected chi connectivity index (χ1v) is 8.28. The highest BCUT2D eigenvalue weighted by Crippen LogP contribution is 2.27. The molecule has 130 valence electrons. The minimum absolute atomic E-state index is 0.0426. The van der Waals surface area contributed by atoms with Crippen molar-refractivity contribution in [3.8, 4) is 5.75 Å². The number of benzene rings is 1. The van der Waals surface area contributed by atoms with Crippen molar-refractivity contribution in [3.63, 3.8) is 0 Å². The molecule has 0 radical (unpaired) electrons. The van der Waals surface area contributed by atoms with Crippen molar-refractivity contribution in [1.82, 2.24) is 15.1 Å². The molecule has 1 atom stereocenters. The third-order valence-corrected chi connectivity index (χ3v) is 4.49. The first-order chi connectivity index (χ1) is 11.6. The molecule has 2 fully saturated rings. The Hall–Kier alpha value is -2.15. The van der Waals surface area contributed by atoms with Gasteiger partial charge in [0.15, 0.2) is 0 Å². The minimum Gasteiger partial charge on any atom is -0.490 e. The maximum atomic E-state index is 12.2. The second-order valence-electron chi connectivity index (χ2n) is 5.84. The van der Waals surface area contributed by atoms with Crippen molar-refractivity contribution in [2.75, 3.05) is 39.4 Å². The summed E-state index contributed by atoms with van der Waals surface area (Å²) in [5, 5.41) is 3.39. The topological polar surface area (TPSA) is 71.1 Å². The van der Waals surface area contributed by atoms with Crippen molar-refractivity contribution < 1.29 is 19.1 Å².